The number of amides is 1. The second-order valence-corrected chi connectivity index (χ2v) is 5.22. The van der Waals surface area contributed by atoms with Gasteiger partial charge in [0, 0.05) is 19.6 Å². The molecule has 0 aliphatic carbocycles. The lowest BCUT2D eigenvalue weighted by Crippen LogP contribution is -2.44. The smallest absolute Gasteiger partial charge is 0.239 e. The molecule has 1 rings (SSSR count). The van der Waals surface area contributed by atoms with Gasteiger partial charge in [-0.2, -0.15) is 0 Å². The molecule has 1 amide bonds. The Morgan fingerprint density at radius 2 is 2.05 bits per heavy atom. The third-order valence-corrected chi connectivity index (χ3v) is 3.65. The Kier molecular flexibility index (Phi) is 6.45. The quantitative estimate of drug-likeness (QED) is 0.869. The van der Waals surface area contributed by atoms with E-state index >= 15 is 0 Å². The van der Waals surface area contributed by atoms with Crippen LogP contribution in [0.1, 0.15) is 26.3 Å². The van der Waals surface area contributed by atoms with Crippen molar-refractivity contribution in [1.82, 2.24) is 10.2 Å². The van der Waals surface area contributed by atoms with Crippen molar-refractivity contribution in [2.24, 2.45) is 0 Å². The van der Waals surface area contributed by atoms with Gasteiger partial charge >= 0.3 is 0 Å². The highest BCUT2D eigenvalue weighted by atomic mass is 79.9. The maximum Gasteiger partial charge on any atom is 0.239 e. The van der Waals surface area contributed by atoms with Crippen LogP contribution in [0.2, 0.25) is 0 Å². The molecule has 1 N–H and O–H groups in total. The highest BCUT2D eigenvalue weighted by Gasteiger charge is 2.17. The molecule has 0 aliphatic heterocycles. The predicted octanol–water partition coefficient (Wildman–Crippen LogP) is 2.93. The highest BCUT2D eigenvalue weighted by Crippen LogP contribution is 2.16. The largest absolute Gasteiger partial charge is 0.342 e. The zero-order valence-corrected chi connectivity index (χ0v) is 13.1. The number of nitrogens with zero attached hydrogens (tertiary/aromatic N) is 1. The first-order chi connectivity index (χ1) is 8.99. The fourth-order valence-electron chi connectivity index (χ4n) is 1.82. The molecule has 1 unspecified atom stereocenters. The standard InChI is InChI=1S/C14H20BrFN2O/c1-4-18(5-2)14(19)10(3)17-9-11-6-7-13(16)12(15)8-11/h6-8,10,17H,4-5,9H2,1-3H3. The summed E-state index contributed by atoms with van der Waals surface area (Å²) in [5.41, 5.74) is 0.937. The van der Waals surface area contributed by atoms with Crippen molar-refractivity contribution in [2.45, 2.75) is 33.4 Å². The van der Waals surface area contributed by atoms with Crippen LogP contribution in [-0.2, 0) is 11.3 Å². The molecular formula is C14H20BrFN2O. The predicted molar refractivity (Wildman–Crippen MR) is 78.3 cm³/mol. The van der Waals surface area contributed by atoms with Crippen LogP contribution in [0.4, 0.5) is 4.39 Å². The highest BCUT2D eigenvalue weighted by molar-refractivity contribution is 9.10. The van der Waals surface area contributed by atoms with Crippen molar-refractivity contribution in [3.8, 4) is 0 Å². The molecule has 0 saturated carbocycles. The summed E-state index contributed by atoms with van der Waals surface area (Å²) < 4.78 is 13.5. The van der Waals surface area contributed by atoms with Gasteiger partial charge in [-0.15, -0.1) is 0 Å². The summed E-state index contributed by atoms with van der Waals surface area (Å²) in [4.78, 5) is 13.8. The summed E-state index contributed by atoms with van der Waals surface area (Å²) in [6.07, 6.45) is 0. The molecule has 1 aromatic rings. The number of likely N-dealkylation sites (N-methyl/N-ethyl adjacent to an activating group) is 1. The van der Waals surface area contributed by atoms with Crippen LogP contribution < -0.4 is 5.32 Å². The van der Waals surface area contributed by atoms with Gasteiger partial charge in [0.05, 0.1) is 10.5 Å². The summed E-state index contributed by atoms with van der Waals surface area (Å²) in [7, 11) is 0. The first-order valence-electron chi connectivity index (χ1n) is 6.45. The van der Waals surface area contributed by atoms with E-state index in [-0.39, 0.29) is 17.8 Å². The SMILES string of the molecule is CCN(CC)C(=O)C(C)NCc1ccc(F)c(Br)c1. The van der Waals surface area contributed by atoms with Crippen molar-refractivity contribution in [2.75, 3.05) is 13.1 Å². The normalized spacial score (nSPS) is 12.3. The van der Waals surface area contributed by atoms with E-state index in [2.05, 4.69) is 21.2 Å². The zero-order valence-electron chi connectivity index (χ0n) is 11.5. The number of nitrogens with one attached hydrogen (secondary N) is 1. The summed E-state index contributed by atoms with van der Waals surface area (Å²) in [5.74, 6) is -0.192. The summed E-state index contributed by atoms with van der Waals surface area (Å²) in [6.45, 7) is 7.73. The van der Waals surface area contributed by atoms with Gasteiger partial charge in [-0.1, -0.05) is 6.07 Å². The van der Waals surface area contributed by atoms with E-state index in [1.54, 1.807) is 17.0 Å². The molecule has 106 valence electrons. The lowest BCUT2D eigenvalue weighted by molar-refractivity contribution is -0.132. The number of halogens is 2. The monoisotopic (exact) mass is 330 g/mol. The third kappa shape index (κ3) is 4.58. The number of carbonyl (C=O) groups is 1. The van der Waals surface area contributed by atoms with Crippen LogP contribution in [0.5, 0.6) is 0 Å². The average molecular weight is 331 g/mol. The Hall–Kier alpha value is -0.940. The summed E-state index contributed by atoms with van der Waals surface area (Å²) in [6, 6.07) is 4.60. The second kappa shape index (κ2) is 7.60. The molecule has 0 aromatic heterocycles. The van der Waals surface area contributed by atoms with Crippen LogP contribution in [0.3, 0.4) is 0 Å². The van der Waals surface area contributed by atoms with Crippen molar-refractivity contribution in [3.63, 3.8) is 0 Å². The molecule has 5 heteroatoms. The van der Waals surface area contributed by atoms with E-state index in [0.717, 1.165) is 5.56 Å². The maximum atomic E-state index is 13.1. The van der Waals surface area contributed by atoms with Crippen LogP contribution in [-0.4, -0.2) is 29.9 Å². The Bertz CT molecular complexity index is 435. The van der Waals surface area contributed by atoms with Gasteiger partial charge in [0.2, 0.25) is 5.91 Å². The van der Waals surface area contributed by atoms with Crippen molar-refractivity contribution >= 4 is 21.8 Å². The van der Waals surface area contributed by atoms with E-state index in [1.165, 1.54) is 6.07 Å². The molecule has 3 nitrogen and oxygen atoms in total. The molecular weight excluding hydrogens is 311 g/mol. The van der Waals surface area contributed by atoms with Crippen LogP contribution >= 0.6 is 15.9 Å². The van der Waals surface area contributed by atoms with E-state index in [4.69, 9.17) is 0 Å². The number of hydrogen-bond donors (Lipinski definition) is 1. The van der Waals surface area contributed by atoms with E-state index in [9.17, 15) is 9.18 Å². The lowest BCUT2D eigenvalue weighted by atomic mass is 10.2. The Morgan fingerprint density at radius 1 is 1.42 bits per heavy atom. The number of hydrogen-bond acceptors (Lipinski definition) is 2. The van der Waals surface area contributed by atoms with Crippen molar-refractivity contribution in [1.29, 1.82) is 0 Å². The summed E-state index contributed by atoms with van der Waals surface area (Å²) in [5, 5.41) is 3.16. The number of benzene rings is 1. The molecule has 0 heterocycles. The van der Waals surface area contributed by atoms with E-state index in [0.29, 0.717) is 24.1 Å². The molecule has 0 fully saturated rings. The number of rotatable bonds is 6. The molecule has 0 aliphatic rings. The minimum Gasteiger partial charge on any atom is -0.342 e. The first-order valence-corrected chi connectivity index (χ1v) is 7.25. The fourth-order valence-corrected chi connectivity index (χ4v) is 2.24. The topological polar surface area (TPSA) is 32.3 Å². The molecule has 0 spiro atoms. The van der Waals surface area contributed by atoms with Gasteiger partial charge in [0.15, 0.2) is 0 Å². The van der Waals surface area contributed by atoms with Crippen molar-refractivity contribution < 1.29 is 9.18 Å². The Balaban J connectivity index is 2.56. The van der Waals surface area contributed by atoms with Crippen molar-refractivity contribution in [3.05, 3.63) is 34.1 Å². The van der Waals surface area contributed by atoms with Crippen LogP contribution in [0.15, 0.2) is 22.7 Å². The molecule has 19 heavy (non-hydrogen) atoms. The van der Waals surface area contributed by atoms with E-state index < -0.39 is 0 Å². The van der Waals surface area contributed by atoms with Gasteiger partial charge < -0.3 is 10.2 Å². The molecule has 1 aromatic carbocycles. The van der Waals surface area contributed by atoms with Gasteiger partial charge in [0.1, 0.15) is 5.82 Å². The van der Waals surface area contributed by atoms with Gasteiger partial charge in [0.25, 0.3) is 0 Å². The summed E-state index contributed by atoms with van der Waals surface area (Å²) >= 11 is 3.15. The van der Waals surface area contributed by atoms with Crippen LogP contribution in [0, 0.1) is 5.82 Å². The Morgan fingerprint density at radius 3 is 2.58 bits per heavy atom. The minimum absolute atomic E-state index is 0.0891. The molecule has 0 saturated heterocycles. The fraction of sp³-hybridized carbons (Fsp3) is 0.500. The van der Waals surface area contributed by atoms with Crippen LogP contribution in [0.25, 0.3) is 0 Å². The number of carbonyl (C=O) groups excluding carboxylic acids is 1. The first kappa shape index (κ1) is 16.1. The Labute approximate surface area is 122 Å². The zero-order chi connectivity index (χ0) is 14.4. The van der Waals surface area contributed by atoms with Gasteiger partial charge in [-0.05, 0) is 54.4 Å². The maximum absolute atomic E-state index is 13.1. The van der Waals surface area contributed by atoms with E-state index in [1.807, 2.05) is 20.8 Å². The minimum atomic E-state index is -0.281. The van der Waals surface area contributed by atoms with Gasteiger partial charge in [-0.25, -0.2) is 4.39 Å². The lowest BCUT2D eigenvalue weighted by Gasteiger charge is -2.23. The third-order valence-electron chi connectivity index (χ3n) is 3.04. The molecule has 1 atom stereocenters. The molecule has 0 radical (unpaired) electrons. The van der Waals surface area contributed by atoms with Gasteiger partial charge in [-0.3, -0.25) is 4.79 Å². The average Bonchev–Trinajstić information content (AvgIpc) is 2.41. The molecule has 0 bridgehead atoms. The second-order valence-electron chi connectivity index (χ2n) is 4.36.